The highest BCUT2D eigenvalue weighted by atomic mass is 16.4. The Kier molecular flexibility index (Phi) is 6.96. The summed E-state index contributed by atoms with van der Waals surface area (Å²) in [5.41, 5.74) is 4.35. The Hall–Kier alpha value is -4.01. The minimum atomic E-state index is -1.65. The van der Waals surface area contributed by atoms with E-state index < -0.39 is 7.12 Å². The van der Waals surface area contributed by atoms with E-state index >= 15 is 0 Å². The molecule has 11 heteroatoms. The summed E-state index contributed by atoms with van der Waals surface area (Å²) in [6, 6.07) is 9.70. The van der Waals surface area contributed by atoms with Crippen molar-refractivity contribution in [1.29, 1.82) is 16.1 Å². The Balaban J connectivity index is 1.80. The van der Waals surface area contributed by atoms with Crippen molar-refractivity contribution in [2.45, 2.75) is 12.8 Å². The number of aryl methyl sites for hydroxylation is 1. The summed E-state index contributed by atoms with van der Waals surface area (Å²) in [7, 11) is 1.88. The van der Waals surface area contributed by atoms with E-state index in [0.717, 1.165) is 23.2 Å². The molecule has 4 N–H and O–H groups in total. The van der Waals surface area contributed by atoms with Gasteiger partial charge in [0.05, 0.1) is 23.3 Å². The van der Waals surface area contributed by atoms with E-state index in [1.54, 1.807) is 24.0 Å². The SMILES string of the molecule is CN(C=N)C(=N)C1CCN(c2c(-c3cncc(B(O)O)c3)ccc(-c3ccn(C)n3)c2C#N)CC1. The van der Waals surface area contributed by atoms with Crippen LogP contribution in [0.1, 0.15) is 18.4 Å². The van der Waals surface area contributed by atoms with Crippen LogP contribution >= 0.6 is 0 Å². The first-order valence-corrected chi connectivity index (χ1v) is 11.3. The van der Waals surface area contributed by atoms with Crippen LogP contribution in [0.4, 0.5) is 5.69 Å². The average Bonchev–Trinajstić information content (AvgIpc) is 3.32. The van der Waals surface area contributed by atoms with Crippen molar-refractivity contribution in [3.63, 3.8) is 0 Å². The average molecular weight is 470 g/mol. The Labute approximate surface area is 204 Å². The van der Waals surface area contributed by atoms with E-state index in [2.05, 4.69) is 21.1 Å². The van der Waals surface area contributed by atoms with Crippen LogP contribution in [-0.4, -0.2) is 69.1 Å². The number of aromatic nitrogens is 3. The Bertz CT molecular complexity index is 1290. The molecule has 0 unspecified atom stereocenters. The fraction of sp³-hybridized carbons (Fsp3) is 0.292. The van der Waals surface area contributed by atoms with Crippen LogP contribution < -0.4 is 10.4 Å². The van der Waals surface area contributed by atoms with Gasteiger partial charge in [0.25, 0.3) is 0 Å². The highest BCUT2D eigenvalue weighted by Gasteiger charge is 2.29. The number of rotatable bonds is 6. The van der Waals surface area contributed by atoms with Crippen LogP contribution in [0.5, 0.6) is 0 Å². The summed E-state index contributed by atoms with van der Waals surface area (Å²) in [6.45, 7) is 1.25. The first kappa shape index (κ1) is 24.1. The van der Waals surface area contributed by atoms with Gasteiger partial charge < -0.3 is 19.8 Å². The lowest BCUT2D eigenvalue weighted by Crippen LogP contribution is -2.41. The van der Waals surface area contributed by atoms with Crippen LogP contribution in [0.3, 0.4) is 0 Å². The third-order valence-electron chi connectivity index (χ3n) is 6.42. The molecule has 0 amide bonds. The number of nitrogens with zero attached hydrogens (tertiary/aromatic N) is 6. The molecular formula is C24H27BN8O2. The molecule has 0 atom stereocenters. The van der Waals surface area contributed by atoms with Gasteiger partial charge in [-0.2, -0.15) is 10.4 Å². The van der Waals surface area contributed by atoms with E-state index in [1.165, 1.54) is 11.1 Å². The zero-order chi connectivity index (χ0) is 25.1. The van der Waals surface area contributed by atoms with Crippen LogP contribution in [0.2, 0.25) is 0 Å². The number of benzene rings is 1. The van der Waals surface area contributed by atoms with Gasteiger partial charge >= 0.3 is 7.12 Å². The molecule has 4 rings (SSSR count). The summed E-state index contributed by atoms with van der Waals surface area (Å²) < 4.78 is 1.69. The van der Waals surface area contributed by atoms with Gasteiger partial charge in [0.15, 0.2) is 0 Å². The molecule has 1 aromatic carbocycles. The molecule has 1 fully saturated rings. The monoisotopic (exact) mass is 470 g/mol. The van der Waals surface area contributed by atoms with Crippen LogP contribution in [0.15, 0.2) is 42.9 Å². The van der Waals surface area contributed by atoms with Crippen LogP contribution in [-0.2, 0) is 7.05 Å². The molecular weight excluding hydrogens is 443 g/mol. The van der Waals surface area contributed by atoms with Crippen molar-refractivity contribution < 1.29 is 10.0 Å². The largest absolute Gasteiger partial charge is 0.490 e. The van der Waals surface area contributed by atoms with Crippen molar-refractivity contribution in [3.8, 4) is 28.5 Å². The Morgan fingerprint density at radius 1 is 1.23 bits per heavy atom. The van der Waals surface area contributed by atoms with E-state index in [1.807, 2.05) is 31.4 Å². The Morgan fingerprint density at radius 2 is 1.94 bits per heavy atom. The van der Waals surface area contributed by atoms with Crippen molar-refractivity contribution >= 4 is 30.4 Å². The molecule has 1 aliphatic heterocycles. The van der Waals surface area contributed by atoms with Gasteiger partial charge in [0.2, 0.25) is 0 Å². The van der Waals surface area contributed by atoms with Crippen molar-refractivity contribution in [1.82, 2.24) is 19.7 Å². The highest BCUT2D eigenvalue weighted by Crippen LogP contribution is 2.40. The van der Waals surface area contributed by atoms with Crippen molar-refractivity contribution in [3.05, 3.63) is 48.4 Å². The number of nitrogens with one attached hydrogen (secondary N) is 2. The molecule has 35 heavy (non-hydrogen) atoms. The van der Waals surface area contributed by atoms with E-state index in [-0.39, 0.29) is 11.4 Å². The fourth-order valence-corrected chi connectivity index (χ4v) is 4.52. The molecule has 0 aliphatic carbocycles. The Morgan fingerprint density at radius 3 is 2.54 bits per heavy atom. The zero-order valence-electron chi connectivity index (χ0n) is 19.7. The number of piperidine rings is 1. The molecule has 3 aromatic rings. The second-order valence-electron chi connectivity index (χ2n) is 8.64. The van der Waals surface area contributed by atoms with Crippen LogP contribution in [0.25, 0.3) is 22.4 Å². The summed E-state index contributed by atoms with van der Waals surface area (Å²) in [5.74, 6) is 0.441. The normalized spacial score (nSPS) is 13.9. The molecule has 1 saturated heterocycles. The maximum Gasteiger partial charge on any atom is 0.490 e. The number of hydrogen-bond acceptors (Lipinski definition) is 8. The minimum absolute atomic E-state index is 0.0281. The van der Waals surface area contributed by atoms with Gasteiger partial charge in [-0.1, -0.05) is 18.2 Å². The predicted molar refractivity (Wildman–Crippen MR) is 136 cm³/mol. The topological polar surface area (TPSA) is 149 Å². The van der Waals surface area contributed by atoms with Crippen molar-refractivity contribution in [2.75, 3.05) is 25.0 Å². The maximum absolute atomic E-state index is 10.3. The summed E-state index contributed by atoms with van der Waals surface area (Å²) in [5, 5.41) is 49.9. The predicted octanol–water partition coefficient (Wildman–Crippen LogP) is 1.43. The van der Waals surface area contributed by atoms with Crippen molar-refractivity contribution in [2.24, 2.45) is 13.0 Å². The summed E-state index contributed by atoms with van der Waals surface area (Å²) in [4.78, 5) is 7.85. The molecule has 1 aliphatic rings. The number of amidine groups is 1. The molecule has 0 radical (unpaired) electrons. The van der Waals surface area contributed by atoms with E-state index in [9.17, 15) is 15.3 Å². The first-order valence-electron chi connectivity index (χ1n) is 11.3. The molecule has 2 aromatic heterocycles. The molecule has 178 valence electrons. The van der Waals surface area contributed by atoms with Gasteiger partial charge in [-0.25, -0.2) is 0 Å². The molecule has 0 bridgehead atoms. The molecule has 3 heterocycles. The third kappa shape index (κ3) is 4.80. The zero-order valence-corrected chi connectivity index (χ0v) is 19.7. The fourth-order valence-electron chi connectivity index (χ4n) is 4.52. The number of hydrogen-bond donors (Lipinski definition) is 4. The van der Waals surface area contributed by atoms with E-state index in [0.29, 0.717) is 48.6 Å². The van der Waals surface area contributed by atoms with Crippen LogP contribution in [0, 0.1) is 28.1 Å². The number of nitriles is 1. The summed E-state index contributed by atoms with van der Waals surface area (Å²) in [6.07, 6.45) is 7.45. The molecule has 10 nitrogen and oxygen atoms in total. The van der Waals surface area contributed by atoms with Gasteiger partial charge in [-0.3, -0.25) is 20.5 Å². The molecule has 0 spiro atoms. The lowest BCUT2D eigenvalue weighted by atomic mass is 9.80. The number of anilines is 1. The quantitative estimate of drug-likeness (QED) is 0.242. The highest BCUT2D eigenvalue weighted by molar-refractivity contribution is 6.58. The lowest BCUT2D eigenvalue weighted by molar-refractivity contribution is 0.425. The van der Waals surface area contributed by atoms with E-state index in [4.69, 9.17) is 10.8 Å². The maximum atomic E-state index is 10.3. The number of pyridine rings is 1. The first-order chi connectivity index (χ1) is 16.8. The second-order valence-corrected chi connectivity index (χ2v) is 8.64. The summed E-state index contributed by atoms with van der Waals surface area (Å²) >= 11 is 0. The smallest absolute Gasteiger partial charge is 0.423 e. The minimum Gasteiger partial charge on any atom is -0.423 e. The lowest BCUT2D eigenvalue weighted by Gasteiger charge is -2.36. The molecule has 0 saturated carbocycles. The second kappa shape index (κ2) is 10.1. The standard InChI is InChI=1S/C24H27BN8O2/c1-31(15-27)24(28)16-5-9-33(10-6-16)23-19(17-11-18(25(34)35)14-29-13-17)3-4-20(21(23)12-26)22-7-8-32(2)30-22/h3-4,7-8,11,13-16,27-28,34-35H,5-6,9-10H2,1-2H3. The van der Waals surface area contributed by atoms with Gasteiger partial charge in [0.1, 0.15) is 11.9 Å². The third-order valence-corrected chi connectivity index (χ3v) is 6.42. The van der Waals surface area contributed by atoms with Gasteiger partial charge in [-0.15, -0.1) is 0 Å². The van der Waals surface area contributed by atoms with Gasteiger partial charge in [0, 0.05) is 73.8 Å². The van der Waals surface area contributed by atoms with Gasteiger partial charge in [-0.05, 0) is 18.9 Å².